The monoisotopic (exact) mass is 343 g/mol. The lowest BCUT2D eigenvalue weighted by molar-refractivity contribution is -0.155. The molecule has 0 saturated heterocycles. The third-order valence-corrected chi connectivity index (χ3v) is 4.37. The van der Waals surface area contributed by atoms with E-state index >= 15 is 0 Å². The lowest BCUT2D eigenvalue weighted by Crippen LogP contribution is -2.31. The molecule has 1 unspecified atom stereocenters. The number of nitrogens with one attached hydrogen (secondary N) is 1. The van der Waals surface area contributed by atoms with Crippen molar-refractivity contribution in [2.45, 2.75) is 44.6 Å². The molecule has 0 spiro atoms. The summed E-state index contributed by atoms with van der Waals surface area (Å²) in [4.78, 5) is 11.9. The van der Waals surface area contributed by atoms with E-state index in [1.807, 2.05) is 0 Å². The molecule has 6 nitrogen and oxygen atoms in total. The molecule has 0 amide bonds. The highest BCUT2D eigenvalue weighted by molar-refractivity contribution is 7.89. The maximum Gasteiger partial charge on any atom is 0.306 e. The highest BCUT2D eigenvalue weighted by atomic mass is 32.2. The van der Waals surface area contributed by atoms with E-state index in [9.17, 15) is 13.2 Å². The number of hydrogen-bond donors (Lipinski definition) is 1. The van der Waals surface area contributed by atoms with Gasteiger partial charge in [-0.25, -0.2) is 13.1 Å². The quantitative estimate of drug-likeness (QED) is 0.769. The molecule has 1 rings (SSSR count). The lowest BCUT2D eigenvalue weighted by Gasteiger charge is -2.21. The van der Waals surface area contributed by atoms with Gasteiger partial charge in [-0.15, -0.1) is 0 Å². The molecule has 1 N–H and O–H groups in total. The van der Waals surface area contributed by atoms with E-state index in [-0.39, 0.29) is 29.7 Å². The third-order valence-electron chi connectivity index (χ3n) is 2.93. The van der Waals surface area contributed by atoms with Crippen molar-refractivity contribution in [3.8, 4) is 5.75 Å². The number of ether oxygens (including phenoxy) is 2. The molecule has 1 aromatic rings. The SMILES string of the molecule is COc1ccc(S(=O)(=O)NCC(C)CC(=O)OC(C)(C)C)cc1. The highest BCUT2D eigenvalue weighted by Gasteiger charge is 2.20. The van der Waals surface area contributed by atoms with Crippen molar-refractivity contribution in [2.75, 3.05) is 13.7 Å². The van der Waals surface area contributed by atoms with Crippen LogP contribution in [0.25, 0.3) is 0 Å². The maximum absolute atomic E-state index is 12.2. The molecule has 0 fully saturated rings. The van der Waals surface area contributed by atoms with Gasteiger partial charge in [-0.1, -0.05) is 6.92 Å². The first-order valence-electron chi connectivity index (χ1n) is 7.39. The Labute approximate surface area is 138 Å². The average molecular weight is 343 g/mol. The zero-order valence-electron chi connectivity index (χ0n) is 14.3. The molecule has 23 heavy (non-hydrogen) atoms. The molecular weight excluding hydrogens is 318 g/mol. The van der Waals surface area contributed by atoms with Gasteiger partial charge in [0.1, 0.15) is 11.4 Å². The fraction of sp³-hybridized carbons (Fsp3) is 0.562. The van der Waals surface area contributed by atoms with Crippen LogP contribution in [0.3, 0.4) is 0 Å². The minimum atomic E-state index is -3.61. The second-order valence-corrected chi connectivity index (χ2v) is 8.19. The van der Waals surface area contributed by atoms with Crippen LogP contribution < -0.4 is 9.46 Å². The van der Waals surface area contributed by atoms with Crippen LogP contribution in [-0.2, 0) is 19.6 Å². The molecule has 1 atom stereocenters. The summed E-state index contributed by atoms with van der Waals surface area (Å²) in [6.07, 6.45) is 0.155. The van der Waals surface area contributed by atoms with Gasteiger partial charge in [0.2, 0.25) is 10.0 Å². The highest BCUT2D eigenvalue weighted by Crippen LogP contribution is 2.16. The molecule has 0 bridgehead atoms. The van der Waals surface area contributed by atoms with Crippen LogP contribution in [0.5, 0.6) is 5.75 Å². The Morgan fingerprint density at radius 2 is 1.78 bits per heavy atom. The summed E-state index contributed by atoms with van der Waals surface area (Å²) in [5.41, 5.74) is -0.542. The second-order valence-electron chi connectivity index (χ2n) is 6.42. The van der Waals surface area contributed by atoms with Gasteiger partial charge in [0.05, 0.1) is 12.0 Å². The van der Waals surface area contributed by atoms with Crippen molar-refractivity contribution in [3.63, 3.8) is 0 Å². The number of benzene rings is 1. The van der Waals surface area contributed by atoms with Crippen LogP contribution in [0.1, 0.15) is 34.1 Å². The predicted molar refractivity (Wildman–Crippen MR) is 87.8 cm³/mol. The van der Waals surface area contributed by atoms with Gasteiger partial charge in [-0.3, -0.25) is 4.79 Å². The first kappa shape index (κ1) is 19.4. The van der Waals surface area contributed by atoms with Crippen LogP contribution in [0.2, 0.25) is 0 Å². The van der Waals surface area contributed by atoms with Gasteiger partial charge in [-0.05, 0) is 51.0 Å². The van der Waals surface area contributed by atoms with Crippen LogP contribution in [0.15, 0.2) is 29.2 Å². The Morgan fingerprint density at radius 1 is 1.22 bits per heavy atom. The number of hydrogen-bond acceptors (Lipinski definition) is 5. The van der Waals surface area contributed by atoms with Crippen molar-refractivity contribution >= 4 is 16.0 Å². The van der Waals surface area contributed by atoms with Crippen LogP contribution in [0, 0.1) is 5.92 Å². The van der Waals surface area contributed by atoms with Crippen LogP contribution >= 0.6 is 0 Å². The summed E-state index contributed by atoms with van der Waals surface area (Å²) in [5, 5.41) is 0. The molecule has 7 heteroatoms. The minimum absolute atomic E-state index is 0.155. The fourth-order valence-electron chi connectivity index (χ4n) is 1.83. The summed E-state index contributed by atoms with van der Waals surface area (Å²) in [6, 6.07) is 6.11. The summed E-state index contributed by atoms with van der Waals surface area (Å²) >= 11 is 0. The van der Waals surface area contributed by atoms with E-state index in [4.69, 9.17) is 9.47 Å². The number of carbonyl (C=O) groups is 1. The molecule has 0 aliphatic carbocycles. The lowest BCUT2D eigenvalue weighted by atomic mass is 10.1. The smallest absolute Gasteiger partial charge is 0.306 e. The molecule has 0 aliphatic heterocycles. The summed E-state index contributed by atoms with van der Waals surface area (Å²) < 4.78 is 37.1. The van der Waals surface area contributed by atoms with Gasteiger partial charge in [0, 0.05) is 13.0 Å². The molecule has 0 radical (unpaired) electrons. The van der Waals surface area contributed by atoms with Gasteiger partial charge in [0.25, 0.3) is 0 Å². The molecular formula is C16H25NO5S. The molecule has 1 aromatic carbocycles. The first-order valence-corrected chi connectivity index (χ1v) is 8.87. The molecule has 0 saturated carbocycles. The van der Waals surface area contributed by atoms with Crippen LogP contribution in [0.4, 0.5) is 0 Å². The Balaban J connectivity index is 2.56. The Kier molecular flexibility index (Phi) is 6.58. The van der Waals surface area contributed by atoms with E-state index < -0.39 is 15.6 Å². The molecule has 0 aliphatic rings. The van der Waals surface area contributed by atoms with E-state index in [0.717, 1.165) is 0 Å². The van der Waals surface area contributed by atoms with Crippen LogP contribution in [-0.4, -0.2) is 33.6 Å². The van der Waals surface area contributed by atoms with Crippen molar-refractivity contribution in [2.24, 2.45) is 5.92 Å². The number of rotatable bonds is 7. The number of carbonyl (C=O) groups excluding carboxylic acids is 1. The van der Waals surface area contributed by atoms with Gasteiger partial charge >= 0.3 is 5.97 Å². The number of methoxy groups -OCH3 is 1. The average Bonchev–Trinajstić information content (AvgIpc) is 2.43. The molecule has 0 heterocycles. The number of esters is 1. The van der Waals surface area contributed by atoms with Crippen molar-refractivity contribution in [3.05, 3.63) is 24.3 Å². The topological polar surface area (TPSA) is 81.7 Å². The standard InChI is InChI=1S/C16H25NO5S/c1-12(10-15(18)22-16(2,3)4)11-17-23(19,20)14-8-6-13(21-5)7-9-14/h6-9,12,17H,10-11H2,1-5H3. The number of sulfonamides is 1. The molecule has 130 valence electrons. The summed E-state index contributed by atoms with van der Waals surface area (Å²) in [5.74, 6) is 0.0776. The Hall–Kier alpha value is -1.60. The van der Waals surface area contributed by atoms with E-state index in [0.29, 0.717) is 5.75 Å². The van der Waals surface area contributed by atoms with Gasteiger partial charge < -0.3 is 9.47 Å². The minimum Gasteiger partial charge on any atom is -0.497 e. The zero-order valence-corrected chi connectivity index (χ0v) is 15.1. The van der Waals surface area contributed by atoms with E-state index in [1.165, 1.54) is 19.2 Å². The maximum atomic E-state index is 12.2. The van der Waals surface area contributed by atoms with E-state index in [1.54, 1.807) is 39.8 Å². The largest absolute Gasteiger partial charge is 0.497 e. The third kappa shape index (κ3) is 7.00. The summed E-state index contributed by atoms with van der Waals surface area (Å²) in [6.45, 7) is 7.33. The van der Waals surface area contributed by atoms with Gasteiger partial charge in [0.15, 0.2) is 0 Å². The predicted octanol–water partition coefficient (Wildman–Crippen LogP) is 2.34. The molecule has 0 aromatic heterocycles. The normalized spacial score (nSPS) is 13.4. The zero-order chi connectivity index (χ0) is 17.7. The van der Waals surface area contributed by atoms with Crippen molar-refractivity contribution in [1.29, 1.82) is 0 Å². The second kappa shape index (κ2) is 7.79. The first-order chi connectivity index (χ1) is 10.5. The fourth-order valence-corrected chi connectivity index (χ4v) is 3.00. The van der Waals surface area contributed by atoms with E-state index in [2.05, 4.69) is 4.72 Å². The Morgan fingerprint density at radius 3 is 2.26 bits per heavy atom. The summed E-state index contributed by atoms with van der Waals surface area (Å²) in [7, 11) is -2.09. The van der Waals surface area contributed by atoms with Gasteiger partial charge in [-0.2, -0.15) is 0 Å². The van der Waals surface area contributed by atoms with Crippen molar-refractivity contribution in [1.82, 2.24) is 4.72 Å². The van der Waals surface area contributed by atoms with Crippen molar-refractivity contribution < 1.29 is 22.7 Å². The Bertz CT molecular complexity index is 617.